The van der Waals surface area contributed by atoms with Crippen LogP contribution in [0.25, 0.3) is 0 Å². The Labute approximate surface area is 158 Å². The second-order valence-corrected chi connectivity index (χ2v) is 7.93. The van der Waals surface area contributed by atoms with E-state index in [1.165, 1.54) is 23.8 Å². The molecule has 0 bridgehead atoms. The van der Waals surface area contributed by atoms with Crippen LogP contribution in [0.3, 0.4) is 0 Å². The van der Waals surface area contributed by atoms with Crippen LogP contribution in [0.4, 0.5) is 5.69 Å². The average Bonchev–Trinajstić information content (AvgIpc) is 2.59. The molecule has 0 aromatic heterocycles. The van der Waals surface area contributed by atoms with E-state index in [0.717, 1.165) is 24.8 Å². The number of anilines is 1. The maximum atomic E-state index is 12.2. The standard InChI is InChI=1S/C18H21ClN2O4S/c1-25-15-8-5-13(6-9-15)4-3-11-20-18(22)14-7-10-17(16(19)12-14)21-26(2,23)24/h5-10,12,21H,3-4,11H2,1-2H3,(H,20,22). The molecule has 6 nitrogen and oxygen atoms in total. The fourth-order valence-electron chi connectivity index (χ4n) is 2.33. The Morgan fingerprint density at radius 2 is 1.85 bits per heavy atom. The van der Waals surface area contributed by atoms with Gasteiger partial charge >= 0.3 is 0 Å². The number of carbonyl (C=O) groups is 1. The second-order valence-electron chi connectivity index (χ2n) is 5.78. The zero-order valence-corrected chi connectivity index (χ0v) is 16.2. The molecule has 140 valence electrons. The lowest BCUT2D eigenvalue weighted by Gasteiger charge is -2.09. The van der Waals surface area contributed by atoms with Gasteiger partial charge in [-0.2, -0.15) is 0 Å². The van der Waals surface area contributed by atoms with Gasteiger partial charge in [-0.05, 0) is 48.7 Å². The Bertz CT molecular complexity index is 867. The molecule has 2 N–H and O–H groups in total. The van der Waals surface area contributed by atoms with Crippen LogP contribution in [0.1, 0.15) is 22.3 Å². The second kappa shape index (κ2) is 8.91. The number of rotatable bonds is 8. The molecular formula is C18H21ClN2O4S. The number of benzene rings is 2. The number of hydrogen-bond donors (Lipinski definition) is 2. The van der Waals surface area contributed by atoms with Crippen molar-refractivity contribution in [3.63, 3.8) is 0 Å². The van der Waals surface area contributed by atoms with E-state index in [9.17, 15) is 13.2 Å². The first kappa shape index (κ1) is 20.1. The molecule has 0 fully saturated rings. The van der Waals surface area contributed by atoms with E-state index >= 15 is 0 Å². The van der Waals surface area contributed by atoms with E-state index in [4.69, 9.17) is 16.3 Å². The van der Waals surface area contributed by atoms with Gasteiger partial charge in [-0.1, -0.05) is 23.7 Å². The maximum absolute atomic E-state index is 12.2. The number of nitrogens with one attached hydrogen (secondary N) is 2. The Morgan fingerprint density at radius 3 is 2.42 bits per heavy atom. The van der Waals surface area contributed by atoms with E-state index in [2.05, 4.69) is 10.0 Å². The van der Waals surface area contributed by atoms with Crippen molar-refractivity contribution in [2.75, 3.05) is 24.6 Å². The van der Waals surface area contributed by atoms with Crippen LogP contribution in [0.5, 0.6) is 5.75 Å². The molecule has 0 unspecified atom stereocenters. The number of carbonyl (C=O) groups excluding carboxylic acids is 1. The van der Waals surface area contributed by atoms with Gasteiger partial charge in [0.15, 0.2) is 0 Å². The molecule has 0 aliphatic carbocycles. The molecule has 0 atom stereocenters. The third-order valence-electron chi connectivity index (χ3n) is 3.61. The van der Waals surface area contributed by atoms with Crippen molar-refractivity contribution in [1.29, 1.82) is 0 Å². The van der Waals surface area contributed by atoms with Crippen LogP contribution < -0.4 is 14.8 Å². The molecule has 26 heavy (non-hydrogen) atoms. The summed E-state index contributed by atoms with van der Waals surface area (Å²) in [4.78, 5) is 12.2. The minimum absolute atomic E-state index is 0.168. The van der Waals surface area contributed by atoms with Crippen LogP contribution in [0.2, 0.25) is 5.02 Å². The summed E-state index contributed by atoms with van der Waals surface area (Å²) in [6, 6.07) is 12.2. The predicted octanol–water partition coefficient (Wildman–Crippen LogP) is 3.08. The number of amides is 1. The van der Waals surface area contributed by atoms with Crippen molar-refractivity contribution < 1.29 is 17.9 Å². The minimum Gasteiger partial charge on any atom is -0.497 e. The molecule has 0 radical (unpaired) electrons. The van der Waals surface area contributed by atoms with Crippen LogP contribution in [0, 0.1) is 0 Å². The van der Waals surface area contributed by atoms with Crippen molar-refractivity contribution in [2.45, 2.75) is 12.8 Å². The summed E-state index contributed by atoms with van der Waals surface area (Å²) in [5.41, 5.74) is 1.78. The van der Waals surface area contributed by atoms with E-state index in [-0.39, 0.29) is 16.6 Å². The Hall–Kier alpha value is -2.25. The number of methoxy groups -OCH3 is 1. The van der Waals surface area contributed by atoms with Gasteiger partial charge in [0, 0.05) is 12.1 Å². The lowest BCUT2D eigenvalue weighted by molar-refractivity contribution is 0.0953. The average molecular weight is 397 g/mol. The third kappa shape index (κ3) is 6.24. The molecule has 0 saturated carbocycles. The molecule has 0 aliphatic heterocycles. The maximum Gasteiger partial charge on any atom is 0.251 e. The monoisotopic (exact) mass is 396 g/mol. The number of sulfonamides is 1. The quantitative estimate of drug-likeness (QED) is 0.671. The van der Waals surface area contributed by atoms with Gasteiger partial charge in [0.1, 0.15) is 5.75 Å². The number of aryl methyl sites for hydroxylation is 1. The van der Waals surface area contributed by atoms with Gasteiger partial charge in [-0.3, -0.25) is 9.52 Å². The zero-order valence-electron chi connectivity index (χ0n) is 14.6. The summed E-state index contributed by atoms with van der Waals surface area (Å²) in [7, 11) is -1.80. The summed E-state index contributed by atoms with van der Waals surface area (Å²) in [6.07, 6.45) is 2.66. The van der Waals surface area contributed by atoms with E-state index in [0.29, 0.717) is 12.1 Å². The first-order chi connectivity index (χ1) is 12.3. The van der Waals surface area contributed by atoms with Crippen molar-refractivity contribution in [3.8, 4) is 5.75 Å². The molecule has 0 saturated heterocycles. The fourth-order valence-corrected chi connectivity index (χ4v) is 3.19. The lowest BCUT2D eigenvalue weighted by Crippen LogP contribution is -2.24. The van der Waals surface area contributed by atoms with Crippen LogP contribution in [-0.4, -0.2) is 34.2 Å². The topological polar surface area (TPSA) is 84.5 Å². The highest BCUT2D eigenvalue weighted by Gasteiger charge is 2.11. The predicted molar refractivity (Wildman–Crippen MR) is 104 cm³/mol. The van der Waals surface area contributed by atoms with Crippen molar-refractivity contribution >= 4 is 33.2 Å². The number of halogens is 1. The van der Waals surface area contributed by atoms with Gasteiger partial charge in [-0.15, -0.1) is 0 Å². The first-order valence-corrected chi connectivity index (χ1v) is 10.2. The van der Waals surface area contributed by atoms with Crippen LogP contribution >= 0.6 is 11.6 Å². The SMILES string of the molecule is COc1ccc(CCCNC(=O)c2ccc(NS(C)(=O)=O)c(Cl)c2)cc1. The normalized spacial score (nSPS) is 11.0. The molecule has 2 aromatic rings. The first-order valence-electron chi connectivity index (χ1n) is 7.97. The van der Waals surface area contributed by atoms with Crippen molar-refractivity contribution in [1.82, 2.24) is 5.32 Å². The number of ether oxygens (including phenoxy) is 1. The summed E-state index contributed by atoms with van der Waals surface area (Å²) < 4.78 is 29.9. The highest BCUT2D eigenvalue weighted by atomic mass is 35.5. The molecule has 8 heteroatoms. The van der Waals surface area contributed by atoms with Crippen LogP contribution in [-0.2, 0) is 16.4 Å². The van der Waals surface area contributed by atoms with Gasteiger partial charge in [0.2, 0.25) is 10.0 Å². The van der Waals surface area contributed by atoms with Gasteiger partial charge in [0.05, 0.1) is 24.1 Å². The number of hydrogen-bond acceptors (Lipinski definition) is 4. The molecule has 2 rings (SSSR count). The largest absolute Gasteiger partial charge is 0.497 e. The highest BCUT2D eigenvalue weighted by Crippen LogP contribution is 2.23. The van der Waals surface area contributed by atoms with Crippen molar-refractivity contribution in [2.24, 2.45) is 0 Å². The fraction of sp³-hybridized carbons (Fsp3) is 0.278. The zero-order chi connectivity index (χ0) is 19.2. The Balaban J connectivity index is 1.84. The van der Waals surface area contributed by atoms with Gasteiger partial charge in [0.25, 0.3) is 5.91 Å². The molecular weight excluding hydrogens is 376 g/mol. The van der Waals surface area contributed by atoms with E-state index < -0.39 is 10.0 Å². The Morgan fingerprint density at radius 1 is 1.15 bits per heavy atom. The van der Waals surface area contributed by atoms with Crippen molar-refractivity contribution in [3.05, 3.63) is 58.6 Å². The molecule has 2 aromatic carbocycles. The van der Waals surface area contributed by atoms with Gasteiger partial charge in [-0.25, -0.2) is 8.42 Å². The molecule has 0 spiro atoms. The highest BCUT2D eigenvalue weighted by molar-refractivity contribution is 7.92. The Kier molecular flexibility index (Phi) is 6.88. The van der Waals surface area contributed by atoms with E-state index in [1.54, 1.807) is 7.11 Å². The smallest absolute Gasteiger partial charge is 0.251 e. The summed E-state index contributed by atoms with van der Waals surface area (Å²) >= 11 is 6.03. The van der Waals surface area contributed by atoms with Gasteiger partial charge < -0.3 is 10.1 Å². The van der Waals surface area contributed by atoms with Crippen LogP contribution in [0.15, 0.2) is 42.5 Å². The summed E-state index contributed by atoms with van der Waals surface area (Å²) in [5.74, 6) is 0.556. The molecule has 1 amide bonds. The summed E-state index contributed by atoms with van der Waals surface area (Å²) in [6.45, 7) is 0.520. The third-order valence-corrected chi connectivity index (χ3v) is 4.52. The lowest BCUT2D eigenvalue weighted by atomic mass is 10.1. The summed E-state index contributed by atoms with van der Waals surface area (Å²) in [5, 5.41) is 2.99. The molecule has 0 aliphatic rings. The minimum atomic E-state index is -3.42. The molecule has 0 heterocycles. The van der Waals surface area contributed by atoms with E-state index in [1.807, 2.05) is 24.3 Å².